The summed E-state index contributed by atoms with van der Waals surface area (Å²) in [5.74, 6) is 1.18. The molecule has 2 N–H and O–H groups in total. The fourth-order valence-electron chi connectivity index (χ4n) is 3.18. The molecule has 0 unspecified atom stereocenters. The summed E-state index contributed by atoms with van der Waals surface area (Å²) < 4.78 is 10.9. The van der Waals surface area contributed by atoms with Gasteiger partial charge in [0.2, 0.25) is 5.91 Å². The SMILES string of the molecule is NC(=O)COC[C@@H]1CN(Cc2ccco2)C[C@H]1c1ccncc1. The van der Waals surface area contributed by atoms with Crippen LogP contribution in [0.25, 0.3) is 0 Å². The molecule has 0 spiro atoms. The van der Waals surface area contributed by atoms with Crippen molar-refractivity contribution in [1.29, 1.82) is 0 Å². The highest BCUT2D eigenvalue weighted by Crippen LogP contribution is 2.33. The quantitative estimate of drug-likeness (QED) is 0.835. The van der Waals surface area contributed by atoms with Crippen LogP contribution >= 0.6 is 0 Å². The van der Waals surface area contributed by atoms with E-state index in [1.54, 1.807) is 6.26 Å². The highest BCUT2D eigenvalue weighted by Gasteiger charge is 2.34. The highest BCUT2D eigenvalue weighted by atomic mass is 16.5. The first-order chi connectivity index (χ1) is 11.2. The van der Waals surface area contributed by atoms with Gasteiger partial charge in [0.05, 0.1) is 19.4 Å². The van der Waals surface area contributed by atoms with Crippen LogP contribution in [-0.4, -0.2) is 42.1 Å². The lowest BCUT2D eigenvalue weighted by Gasteiger charge is -2.18. The maximum Gasteiger partial charge on any atom is 0.243 e. The highest BCUT2D eigenvalue weighted by molar-refractivity contribution is 5.74. The molecular formula is C17H21N3O3. The molecule has 2 aromatic heterocycles. The molecule has 6 heteroatoms. The van der Waals surface area contributed by atoms with Crippen molar-refractivity contribution in [3.8, 4) is 0 Å². The van der Waals surface area contributed by atoms with Gasteiger partial charge in [-0.1, -0.05) is 0 Å². The van der Waals surface area contributed by atoms with Crippen LogP contribution in [-0.2, 0) is 16.1 Å². The third kappa shape index (κ3) is 4.18. The molecule has 0 bridgehead atoms. The molecule has 0 aliphatic carbocycles. The van der Waals surface area contributed by atoms with Gasteiger partial charge >= 0.3 is 0 Å². The maximum absolute atomic E-state index is 10.9. The van der Waals surface area contributed by atoms with Crippen LogP contribution in [0.1, 0.15) is 17.2 Å². The summed E-state index contributed by atoms with van der Waals surface area (Å²) in [6.07, 6.45) is 5.32. The number of amides is 1. The number of ether oxygens (including phenoxy) is 1. The smallest absolute Gasteiger partial charge is 0.243 e. The molecule has 1 amide bonds. The zero-order valence-electron chi connectivity index (χ0n) is 12.9. The topological polar surface area (TPSA) is 81.6 Å². The number of carbonyl (C=O) groups is 1. The molecule has 0 radical (unpaired) electrons. The molecule has 1 saturated heterocycles. The van der Waals surface area contributed by atoms with Gasteiger partial charge in [0.1, 0.15) is 12.4 Å². The minimum absolute atomic E-state index is 0.0300. The average molecular weight is 315 g/mol. The van der Waals surface area contributed by atoms with Crippen molar-refractivity contribution >= 4 is 5.91 Å². The van der Waals surface area contributed by atoms with Gasteiger partial charge < -0.3 is 14.9 Å². The van der Waals surface area contributed by atoms with Gasteiger partial charge in [-0.25, -0.2) is 0 Å². The van der Waals surface area contributed by atoms with Crippen molar-refractivity contribution in [1.82, 2.24) is 9.88 Å². The lowest BCUT2D eigenvalue weighted by molar-refractivity contribution is -0.122. The maximum atomic E-state index is 10.9. The Morgan fingerprint density at radius 2 is 2.17 bits per heavy atom. The molecule has 23 heavy (non-hydrogen) atoms. The Hall–Kier alpha value is -2.18. The fraction of sp³-hybridized carbons (Fsp3) is 0.412. The van der Waals surface area contributed by atoms with Crippen LogP contribution in [0.5, 0.6) is 0 Å². The Morgan fingerprint density at radius 3 is 2.87 bits per heavy atom. The summed E-state index contributed by atoms with van der Waals surface area (Å²) in [6, 6.07) is 7.97. The summed E-state index contributed by atoms with van der Waals surface area (Å²) in [7, 11) is 0. The summed E-state index contributed by atoms with van der Waals surface area (Å²) >= 11 is 0. The van der Waals surface area contributed by atoms with E-state index in [0.717, 1.165) is 25.4 Å². The number of hydrogen-bond donors (Lipinski definition) is 1. The monoisotopic (exact) mass is 315 g/mol. The lowest BCUT2D eigenvalue weighted by Crippen LogP contribution is -2.24. The molecule has 2 atom stereocenters. The third-order valence-electron chi connectivity index (χ3n) is 4.19. The lowest BCUT2D eigenvalue weighted by atomic mass is 9.90. The first kappa shape index (κ1) is 15.7. The zero-order chi connectivity index (χ0) is 16.1. The molecule has 3 rings (SSSR count). The van der Waals surface area contributed by atoms with Crippen LogP contribution < -0.4 is 5.73 Å². The zero-order valence-corrected chi connectivity index (χ0v) is 12.9. The second-order valence-electron chi connectivity index (χ2n) is 5.90. The standard InChI is InChI=1S/C17H21N3O3/c18-17(21)12-22-11-14-8-20(9-15-2-1-7-23-15)10-16(14)13-3-5-19-6-4-13/h1-7,14,16H,8-12H2,(H2,18,21)/t14-,16-/m0/s1. The summed E-state index contributed by atoms with van der Waals surface area (Å²) in [5.41, 5.74) is 6.39. The van der Waals surface area contributed by atoms with Crippen molar-refractivity contribution in [3.05, 3.63) is 54.2 Å². The van der Waals surface area contributed by atoms with Crippen molar-refractivity contribution < 1.29 is 13.9 Å². The van der Waals surface area contributed by atoms with Crippen LogP contribution in [0.15, 0.2) is 47.3 Å². The van der Waals surface area contributed by atoms with Crippen LogP contribution in [0.4, 0.5) is 0 Å². The normalized spacial score (nSPS) is 21.6. The summed E-state index contributed by atoms with van der Waals surface area (Å²) in [6.45, 7) is 3.09. The average Bonchev–Trinajstić information content (AvgIpc) is 3.18. The molecule has 1 aliphatic rings. The Morgan fingerprint density at radius 1 is 1.35 bits per heavy atom. The fourth-order valence-corrected chi connectivity index (χ4v) is 3.18. The summed E-state index contributed by atoms with van der Waals surface area (Å²) in [4.78, 5) is 17.3. The van der Waals surface area contributed by atoms with Gasteiger partial charge in [-0.05, 0) is 29.8 Å². The van der Waals surface area contributed by atoms with Gasteiger partial charge in [0, 0.05) is 37.3 Å². The molecule has 3 heterocycles. The number of primary amides is 1. The van der Waals surface area contributed by atoms with E-state index in [1.807, 2.05) is 36.7 Å². The van der Waals surface area contributed by atoms with Crippen molar-refractivity contribution in [3.63, 3.8) is 0 Å². The Labute approximate surface area is 135 Å². The predicted octanol–water partition coefficient (Wildman–Crippen LogP) is 1.39. The minimum Gasteiger partial charge on any atom is -0.468 e. The van der Waals surface area contributed by atoms with Crippen molar-refractivity contribution in [2.45, 2.75) is 12.5 Å². The minimum atomic E-state index is -0.434. The van der Waals surface area contributed by atoms with Crippen LogP contribution in [0.2, 0.25) is 0 Å². The van der Waals surface area contributed by atoms with E-state index in [9.17, 15) is 4.79 Å². The van der Waals surface area contributed by atoms with Crippen molar-refractivity contribution in [2.24, 2.45) is 11.7 Å². The van der Waals surface area contributed by atoms with Gasteiger partial charge in [0.15, 0.2) is 0 Å². The number of rotatable bonds is 7. The Bertz CT molecular complexity index is 615. The van der Waals surface area contributed by atoms with E-state index >= 15 is 0 Å². The van der Waals surface area contributed by atoms with Crippen LogP contribution in [0.3, 0.4) is 0 Å². The molecule has 122 valence electrons. The number of nitrogens with two attached hydrogens (primary N) is 1. The second-order valence-corrected chi connectivity index (χ2v) is 5.90. The molecule has 0 saturated carbocycles. The number of aromatic nitrogens is 1. The molecule has 0 aromatic carbocycles. The number of nitrogens with zero attached hydrogens (tertiary/aromatic N) is 2. The van der Waals surface area contributed by atoms with E-state index in [0.29, 0.717) is 18.4 Å². The van der Waals surface area contributed by atoms with Gasteiger partial charge in [-0.2, -0.15) is 0 Å². The van der Waals surface area contributed by atoms with E-state index in [-0.39, 0.29) is 6.61 Å². The second kappa shape index (κ2) is 7.39. The number of furan rings is 1. The molecule has 1 aliphatic heterocycles. The summed E-state index contributed by atoms with van der Waals surface area (Å²) in [5, 5.41) is 0. The van der Waals surface area contributed by atoms with Gasteiger partial charge in [0.25, 0.3) is 0 Å². The van der Waals surface area contributed by atoms with E-state index in [4.69, 9.17) is 14.9 Å². The van der Waals surface area contributed by atoms with Gasteiger partial charge in [-0.3, -0.25) is 14.7 Å². The number of hydrogen-bond acceptors (Lipinski definition) is 5. The molecule has 2 aromatic rings. The van der Waals surface area contributed by atoms with Crippen molar-refractivity contribution in [2.75, 3.05) is 26.3 Å². The molecule has 1 fully saturated rings. The predicted molar refractivity (Wildman–Crippen MR) is 84.5 cm³/mol. The van der Waals surface area contributed by atoms with Gasteiger partial charge in [-0.15, -0.1) is 0 Å². The third-order valence-corrected chi connectivity index (χ3v) is 4.19. The van der Waals surface area contributed by atoms with E-state index < -0.39 is 5.91 Å². The number of carbonyl (C=O) groups excluding carboxylic acids is 1. The number of pyridine rings is 1. The van der Waals surface area contributed by atoms with E-state index in [1.165, 1.54) is 5.56 Å². The number of likely N-dealkylation sites (tertiary alicyclic amines) is 1. The van der Waals surface area contributed by atoms with E-state index in [2.05, 4.69) is 9.88 Å². The molecule has 6 nitrogen and oxygen atoms in total. The largest absolute Gasteiger partial charge is 0.468 e. The van der Waals surface area contributed by atoms with Crippen LogP contribution in [0, 0.1) is 5.92 Å². The molecular weight excluding hydrogens is 294 g/mol. The first-order valence-electron chi connectivity index (χ1n) is 7.73. The first-order valence-corrected chi connectivity index (χ1v) is 7.73. The Kier molecular flexibility index (Phi) is 5.05. The Balaban J connectivity index is 1.67.